The fourth-order valence-electron chi connectivity index (χ4n) is 1.57. The molecule has 2 aromatic heterocycles. The summed E-state index contributed by atoms with van der Waals surface area (Å²) in [6.07, 6.45) is 6.39. The van der Waals surface area contributed by atoms with E-state index in [0.717, 1.165) is 30.8 Å². The molecule has 0 bridgehead atoms. The topological polar surface area (TPSA) is 59.9 Å². The van der Waals surface area contributed by atoms with Crippen LogP contribution in [0.4, 0.5) is 0 Å². The van der Waals surface area contributed by atoms with Gasteiger partial charge in [-0.2, -0.15) is 0 Å². The molecule has 0 saturated carbocycles. The van der Waals surface area contributed by atoms with Crippen LogP contribution < -0.4 is 10.1 Å². The van der Waals surface area contributed by atoms with Crippen LogP contribution in [0.15, 0.2) is 30.7 Å². The molecule has 0 saturated heterocycles. The van der Waals surface area contributed by atoms with Crippen LogP contribution in [-0.2, 0) is 6.54 Å². The van der Waals surface area contributed by atoms with Crippen molar-refractivity contribution in [3.63, 3.8) is 0 Å². The number of ether oxygens (including phenoxy) is 1. The molecule has 0 atom stereocenters. The summed E-state index contributed by atoms with van der Waals surface area (Å²) in [5.41, 5.74) is 1.86. The van der Waals surface area contributed by atoms with Gasteiger partial charge in [-0.3, -0.25) is 4.98 Å². The van der Waals surface area contributed by atoms with Crippen molar-refractivity contribution >= 4 is 0 Å². The summed E-state index contributed by atoms with van der Waals surface area (Å²) in [6.45, 7) is 5.79. The zero-order valence-corrected chi connectivity index (χ0v) is 11.3. The predicted octanol–water partition coefficient (Wildman–Crippen LogP) is 2.47. The molecule has 1 N–H and O–H groups in total. The zero-order valence-electron chi connectivity index (χ0n) is 11.3. The van der Waals surface area contributed by atoms with Gasteiger partial charge in [0.25, 0.3) is 0 Å². The lowest BCUT2D eigenvalue weighted by atomic mass is 10.3. The Morgan fingerprint density at radius 1 is 1.21 bits per heavy atom. The van der Waals surface area contributed by atoms with Crippen molar-refractivity contribution < 1.29 is 4.74 Å². The molecule has 0 spiro atoms. The molecular formula is C14H18N4O. The molecule has 0 amide bonds. The van der Waals surface area contributed by atoms with Gasteiger partial charge in [0.15, 0.2) is 5.75 Å². The van der Waals surface area contributed by atoms with Gasteiger partial charge in [0, 0.05) is 30.7 Å². The van der Waals surface area contributed by atoms with E-state index < -0.39 is 0 Å². The van der Waals surface area contributed by atoms with E-state index in [-0.39, 0.29) is 0 Å². The number of aromatic nitrogens is 3. The molecule has 0 unspecified atom stereocenters. The van der Waals surface area contributed by atoms with Crippen LogP contribution in [-0.4, -0.2) is 21.5 Å². The van der Waals surface area contributed by atoms with Crippen molar-refractivity contribution in [2.45, 2.75) is 26.8 Å². The summed E-state index contributed by atoms with van der Waals surface area (Å²) in [5, 5.41) is 3.30. The van der Waals surface area contributed by atoms with Crippen LogP contribution >= 0.6 is 0 Å². The smallest absolute Gasteiger partial charge is 0.321 e. The number of hydrogen-bond donors (Lipinski definition) is 1. The molecule has 2 aromatic rings. The second-order valence-electron chi connectivity index (χ2n) is 4.24. The molecule has 100 valence electrons. The van der Waals surface area contributed by atoms with Gasteiger partial charge in [0.2, 0.25) is 0 Å². The number of rotatable bonds is 6. The lowest BCUT2D eigenvalue weighted by molar-refractivity contribution is 0.435. The summed E-state index contributed by atoms with van der Waals surface area (Å²) in [4.78, 5) is 12.5. The van der Waals surface area contributed by atoms with Crippen molar-refractivity contribution in [1.29, 1.82) is 0 Å². The molecule has 0 aliphatic heterocycles. The number of nitrogens with zero attached hydrogens (tertiary/aromatic N) is 3. The van der Waals surface area contributed by atoms with E-state index in [1.807, 2.05) is 19.1 Å². The lowest BCUT2D eigenvalue weighted by Crippen LogP contribution is -2.14. The minimum absolute atomic E-state index is 0.343. The Hall–Kier alpha value is -2.01. The molecule has 5 heteroatoms. The zero-order chi connectivity index (χ0) is 13.5. The standard InChI is InChI=1S/C14H18N4O/c1-3-6-15-8-12-9-17-14(18-10-12)19-13-5-4-7-16-11(13)2/h4-5,7,9-10,15H,3,6,8H2,1-2H3. The summed E-state index contributed by atoms with van der Waals surface area (Å²) < 4.78 is 5.58. The van der Waals surface area contributed by atoms with Gasteiger partial charge in [0.05, 0.1) is 5.69 Å². The van der Waals surface area contributed by atoms with Crippen LogP contribution in [0.1, 0.15) is 24.6 Å². The molecule has 5 nitrogen and oxygen atoms in total. The second-order valence-corrected chi connectivity index (χ2v) is 4.24. The Kier molecular flexibility index (Phi) is 4.80. The number of nitrogens with one attached hydrogen (secondary N) is 1. The van der Waals surface area contributed by atoms with Crippen molar-refractivity contribution in [2.24, 2.45) is 0 Å². The molecular weight excluding hydrogens is 240 g/mol. The van der Waals surface area contributed by atoms with Gasteiger partial charge >= 0.3 is 6.01 Å². The highest BCUT2D eigenvalue weighted by Gasteiger charge is 2.03. The lowest BCUT2D eigenvalue weighted by Gasteiger charge is -2.06. The third kappa shape index (κ3) is 3.99. The van der Waals surface area contributed by atoms with Crippen LogP contribution in [0.5, 0.6) is 11.8 Å². The van der Waals surface area contributed by atoms with Crippen molar-refractivity contribution in [2.75, 3.05) is 6.54 Å². The Morgan fingerprint density at radius 2 is 2.00 bits per heavy atom. The van der Waals surface area contributed by atoms with Gasteiger partial charge in [-0.1, -0.05) is 6.92 Å². The Balaban J connectivity index is 1.97. The maximum atomic E-state index is 5.58. The van der Waals surface area contributed by atoms with E-state index in [9.17, 15) is 0 Å². The summed E-state index contributed by atoms with van der Waals surface area (Å²) in [5.74, 6) is 0.680. The summed E-state index contributed by atoms with van der Waals surface area (Å²) in [6, 6.07) is 4.02. The molecule has 2 rings (SSSR count). The Bertz CT molecular complexity index is 513. The third-order valence-corrected chi connectivity index (χ3v) is 2.60. The van der Waals surface area contributed by atoms with Gasteiger partial charge in [-0.05, 0) is 32.0 Å². The molecule has 0 aliphatic carbocycles. The van der Waals surface area contributed by atoms with Gasteiger partial charge in [0.1, 0.15) is 0 Å². The molecule has 0 aromatic carbocycles. The first-order valence-corrected chi connectivity index (χ1v) is 6.40. The highest BCUT2D eigenvalue weighted by molar-refractivity contribution is 5.28. The summed E-state index contributed by atoms with van der Waals surface area (Å²) >= 11 is 0. The quantitative estimate of drug-likeness (QED) is 0.806. The van der Waals surface area contributed by atoms with E-state index in [2.05, 4.69) is 27.2 Å². The monoisotopic (exact) mass is 258 g/mol. The van der Waals surface area contributed by atoms with Crippen molar-refractivity contribution in [3.05, 3.63) is 42.0 Å². The Labute approximate surface area is 113 Å². The second kappa shape index (κ2) is 6.80. The van der Waals surface area contributed by atoms with Gasteiger partial charge in [-0.15, -0.1) is 0 Å². The van der Waals surface area contributed by atoms with Crippen molar-refractivity contribution in [1.82, 2.24) is 20.3 Å². The molecule has 0 radical (unpaired) electrons. The van der Waals surface area contributed by atoms with E-state index in [4.69, 9.17) is 4.74 Å². The number of aryl methyl sites for hydroxylation is 1. The average molecular weight is 258 g/mol. The largest absolute Gasteiger partial charge is 0.422 e. The number of pyridine rings is 1. The minimum Gasteiger partial charge on any atom is -0.422 e. The van der Waals surface area contributed by atoms with E-state index in [1.165, 1.54) is 0 Å². The highest BCUT2D eigenvalue weighted by Crippen LogP contribution is 2.19. The van der Waals surface area contributed by atoms with E-state index >= 15 is 0 Å². The molecule has 0 fully saturated rings. The number of hydrogen-bond acceptors (Lipinski definition) is 5. The molecule has 19 heavy (non-hydrogen) atoms. The first-order chi connectivity index (χ1) is 9.29. The van der Waals surface area contributed by atoms with Crippen molar-refractivity contribution in [3.8, 4) is 11.8 Å². The average Bonchev–Trinajstić information content (AvgIpc) is 2.44. The summed E-state index contributed by atoms with van der Waals surface area (Å²) in [7, 11) is 0. The third-order valence-electron chi connectivity index (χ3n) is 2.60. The minimum atomic E-state index is 0.343. The highest BCUT2D eigenvalue weighted by atomic mass is 16.5. The SMILES string of the molecule is CCCNCc1cnc(Oc2cccnc2C)nc1. The maximum absolute atomic E-state index is 5.58. The predicted molar refractivity (Wildman–Crippen MR) is 73.1 cm³/mol. The van der Waals surface area contributed by atoms with Crippen LogP contribution in [0.2, 0.25) is 0 Å². The van der Waals surface area contributed by atoms with Gasteiger partial charge < -0.3 is 10.1 Å². The Morgan fingerprint density at radius 3 is 2.68 bits per heavy atom. The van der Waals surface area contributed by atoms with Crippen LogP contribution in [0.3, 0.4) is 0 Å². The van der Waals surface area contributed by atoms with Crippen LogP contribution in [0.25, 0.3) is 0 Å². The van der Waals surface area contributed by atoms with E-state index in [0.29, 0.717) is 11.8 Å². The molecule has 0 aliphatic rings. The normalized spacial score (nSPS) is 10.4. The fraction of sp³-hybridized carbons (Fsp3) is 0.357. The molecule has 2 heterocycles. The van der Waals surface area contributed by atoms with E-state index in [1.54, 1.807) is 18.6 Å². The maximum Gasteiger partial charge on any atom is 0.321 e. The van der Waals surface area contributed by atoms with Crippen LogP contribution in [0, 0.1) is 6.92 Å². The fourth-order valence-corrected chi connectivity index (χ4v) is 1.57. The first-order valence-electron chi connectivity index (χ1n) is 6.40. The van der Waals surface area contributed by atoms with Gasteiger partial charge in [-0.25, -0.2) is 9.97 Å². The first kappa shape index (κ1) is 13.4.